The molecule has 1 aliphatic heterocycles. The summed E-state index contributed by atoms with van der Waals surface area (Å²) < 4.78 is 54.2. The summed E-state index contributed by atoms with van der Waals surface area (Å²) >= 11 is 0. The number of esters is 2. The van der Waals surface area contributed by atoms with Crippen molar-refractivity contribution in [3.63, 3.8) is 0 Å². The molecule has 0 bridgehead atoms. The van der Waals surface area contributed by atoms with Gasteiger partial charge in [0.25, 0.3) is 10.1 Å². The van der Waals surface area contributed by atoms with Gasteiger partial charge in [-0.25, -0.2) is 0 Å². The SMILES string of the molecule is CCCCC/C=C/C/C=C/C/C=C/CCCCCCC(=O)OC[C@H](CO[C@H]1O[C@H](CS(=O)(=O)O)[C@@H](O)C(O)C1O)OC(=O)CCCCCCCCCCCCCCCCCCC. The fourth-order valence-corrected chi connectivity index (χ4v) is 8.08. The van der Waals surface area contributed by atoms with Crippen LogP contribution in [0, 0.1) is 0 Å². The normalized spacial score (nSPS) is 20.1. The van der Waals surface area contributed by atoms with Crippen LogP contribution < -0.4 is 0 Å². The highest BCUT2D eigenvalue weighted by atomic mass is 32.2. The second-order valence-corrected chi connectivity index (χ2v) is 18.6. The van der Waals surface area contributed by atoms with Crippen molar-refractivity contribution < 1.29 is 56.8 Å². The maximum atomic E-state index is 12.8. The molecule has 1 heterocycles. The standard InChI is InChI=1S/C49H88O12S/c1-3-5-7-9-11-13-15-17-19-21-23-25-27-29-31-33-35-37-44(50)58-39-42(40-59-49-48(54)47(53)46(52)43(61-49)41-62(55,56)57)60-45(51)38-36-34-32-30-28-26-24-22-20-18-16-14-12-10-8-6-4-2/h11,13,17,19,23,25,42-43,46-49,52-54H,3-10,12,14-16,18,20-22,24,26-41H2,1-2H3,(H,55,56,57)/b13-11+,19-17+,25-23+/t42-,43-,46-,47?,48?,49+/m1/s1. The number of ether oxygens (including phenoxy) is 4. The summed E-state index contributed by atoms with van der Waals surface area (Å²) in [6.07, 6.45) is 36.1. The first kappa shape index (κ1) is 57.9. The van der Waals surface area contributed by atoms with Gasteiger partial charge < -0.3 is 34.3 Å². The Bertz CT molecular complexity index is 1290. The molecule has 62 heavy (non-hydrogen) atoms. The van der Waals surface area contributed by atoms with E-state index in [1.807, 2.05) is 0 Å². The van der Waals surface area contributed by atoms with Crippen LogP contribution in [0.3, 0.4) is 0 Å². The predicted octanol–water partition coefficient (Wildman–Crippen LogP) is 10.6. The Morgan fingerprint density at radius 1 is 0.548 bits per heavy atom. The number of allylic oxidation sites excluding steroid dienone is 6. The van der Waals surface area contributed by atoms with Gasteiger partial charge >= 0.3 is 11.9 Å². The van der Waals surface area contributed by atoms with Crippen LogP contribution >= 0.6 is 0 Å². The van der Waals surface area contributed by atoms with Gasteiger partial charge in [-0.05, 0) is 51.4 Å². The smallest absolute Gasteiger partial charge is 0.306 e. The van der Waals surface area contributed by atoms with Crippen molar-refractivity contribution in [2.45, 2.75) is 243 Å². The topological polar surface area (TPSA) is 186 Å². The van der Waals surface area contributed by atoms with Crippen molar-refractivity contribution in [1.29, 1.82) is 0 Å². The van der Waals surface area contributed by atoms with E-state index in [0.717, 1.165) is 64.2 Å². The highest BCUT2D eigenvalue weighted by molar-refractivity contribution is 7.85. The average molecular weight is 901 g/mol. The molecule has 1 aliphatic rings. The summed E-state index contributed by atoms with van der Waals surface area (Å²) in [5.41, 5.74) is 0. The zero-order chi connectivity index (χ0) is 45.5. The van der Waals surface area contributed by atoms with Crippen LogP contribution in [-0.2, 0) is 38.7 Å². The van der Waals surface area contributed by atoms with Gasteiger partial charge in [0.15, 0.2) is 12.4 Å². The molecule has 0 radical (unpaired) electrons. The molecule has 362 valence electrons. The van der Waals surface area contributed by atoms with E-state index in [1.54, 1.807) is 0 Å². The van der Waals surface area contributed by atoms with Crippen molar-refractivity contribution in [1.82, 2.24) is 0 Å². The maximum Gasteiger partial charge on any atom is 0.306 e. The van der Waals surface area contributed by atoms with Crippen molar-refractivity contribution in [3.8, 4) is 0 Å². The van der Waals surface area contributed by atoms with E-state index in [4.69, 9.17) is 18.9 Å². The monoisotopic (exact) mass is 901 g/mol. The number of hydrogen-bond donors (Lipinski definition) is 4. The second-order valence-electron chi connectivity index (χ2n) is 17.1. The second kappa shape index (κ2) is 39.3. The van der Waals surface area contributed by atoms with Crippen LogP contribution in [0.2, 0.25) is 0 Å². The Kier molecular flexibility index (Phi) is 36.6. The average Bonchev–Trinajstić information content (AvgIpc) is 3.24. The van der Waals surface area contributed by atoms with Crippen LogP contribution in [0.5, 0.6) is 0 Å². The molecule has 1 rings (SSSR count). The molecule has 0 amide bonds. The molecule has 1 saturated heterocycles. The van der Waals surface area contributed by atoms with E-state index in [0.29, 0.717) is 12.8 Å². The van der Waals surface area contributed by atoms with Gasteiger partial charge in [-0.15, -0.1) is 0 Å². The lowest BCUT2D eigenvalue weighted by atomic mass is 10.00. The summed E-state index contributed by atoms with van der Waals surface area (Å²) in [7, 11) is -4.61. The molecule has 1 fully saturated rings. The first-order valence-corrected chi connectivity index (χ1v) is 26.2. The highest BCUT2D eigenvalue weighted by Crippen LogP contribution is 2.24. The van der Waals surface area contributed by atoms with Crippen molar-refractivity contribution >= 4 is 22.1 Å². The molecular weight excluding hydrogens is 813 g/mol. The largest absolute Gasteiger partial charge is 0.462 e. The highest BCUT2D eigenvalue weighted by Gasteiger charge is 2.46. The maximum absolute atomic E-state index is 12.8. The third-order valence-corrected chi connectivity index (χ3v) is 12.0. The summed E-state index contributed by atoms with van der Waals surface area (Å²) in [6.45, 7) is 3.73. The van der Waals surface area contributed by atoms with E-state index >= 15 is 0 Å². The zero-order valence-corrected chi connectivity index (χ0v) is 39.5. The van der Waals surface area contributed by atoms with Gasteiger partial charge in [-0.2, -0.15) is 8.42 Å². The Hall–Kier alpha value is -2.13. The molecule has 0 aromatic rings. The van der Waals surface area contributed by atoms with E-state index in [1.165, 1.54) is 103 Å². The van der Waals surface area contributed by atoms with Crippen molar-refractivity contribution in [3.05, 3.63) is 36.5 Å². The molecule has 2 unspecified atom stereocenters. The third-order valence-electron chi connectivity index (χ3n) is 11.2. The van der Waals surface area contributed by atoms with Crippen molar-refractivity contribution in [2.75, 3.05) is 19.0 Å². The molecule has 0 spiro atoms. The lowest BCUT2D eigenvalue weighted by molar-refractivity contribution is -0.297. The Labute approximate surface area is 376 Å². The number of carbonyl (C=O) groups excluding carboxylic acids is 2. The van der Waals surface area contributed by atoms with E-state index in [2.05, 4.69) is 50.3 Å². The van der Waals surface area contributed by atoms with E-state index < -0.39 is 71.2 Å². The lowest BCUT2D eigenvalue weighted by Gasteiger charge is -2.40. The van der Waals surface area contributed by atoms with Crippen LogP contribution in [0.1, 0.15) is 206 Å². The lowest BCUT2D eigenvalue weighted by Crippen LogP contribution is -2.60. The van der Waals surface area contributed by atoms with Gasteiger partial charge in [-0.1, -0.05) is 179 Å². The Morgan fingerprint density at radius 2 is 0.968 bits per heavy atom. The third kappa shape index (κ3) is 33.4. The molecule has 6 atom stereocenters. The summed E-state index contributed by atoms with van der Waals surface area (Å²) in [5, 5.41) is 30.9. The summed E-state index contributed by atoms with van der Waals surface area (Å²) in [5.74, 6) is -2.00. The quantitative estimate of drug-likeness (QED) is 0.0197. The van der Waals surface area contributed by atoms with Crippen LogP contribution in [0.4, 0.5) is 0 Å². The minimum atomic E-state index is -4.61. The minimum absolute atomic E-state index is 0.162. The number of aliphatic hydroxyl groups excluding tert-OH is 3. The molecule has 12 nitrogen and oxygen atoms in total. The van der Waals surface area contributed by atoms with Gasteiger partial charge in [0, 0.05) is 12.8 Å². The fraction of sp³-hybridized carbons (Fsp3) is 0.837. The number of unbranched alkanes of at least 4 members (excludes halogenated alkanes) is 23. The molecule has 0 saturated carbocycles. The number of rotatable bonds is 41. The first-order chi connectivity index (χ1) is 30.0. The zero-order valence-electron chi connectivity index (χ0n) is 38.7. The Balaban J connectivity index is 2.42. The number of carbonyl (C=O) groups is 2. The molecule has 13 heteroatoms. The van der Waals surface area contributed by atoms with Gasteiger partial charge in [0.1, 0.15) is 36.8 Å². The van der Waals surface area contributed by atoms with Gasteiger partial charge in [0.05, 0.1) is 6.61 Å². The summed E-state index contributed by atoms with van der Waals surface area (Å²) in [6, 6.07) is 0. The van der Waals surface area contributed by atoms with Crippen LogP contribution in [0.15, 0.2) is 36.5 Å². The molecule has 4 N–H and O–H groups in total. The van der Waals surface area contributed by atoms with Gasteiger partial charge in [0.2, 0.25) is 0 Å². The van der Waals surface area contributed by atoms with E-state index in [-0.39, 0.29) is 19.4 Å². The van der Waals surface area contributed by atoms with Crippen molar-refractivity contribution in [2.24, 2.45) is 0 Å². The Morgan fingerprint density at radius 3 is 1.47 bits per heavy atom. The van der Waals surface area contributed by atoms with Gasteiger partial charge in [-0.3, -0.25) is 14.1 Å². The predicted molar refractivity (Wildman–Crippen MR) is 247 cm³/mol. The first-order valence-electron chi connectivity index (χ1n) is 24.5. The van der Waals surface area contributed by atoms with Crippen LogP contribution in [-0.4, -0.2) is 96.0 Å². The number of aliphatic hydroxyl groups is 3. The van der Waals surface area contributed by atoms with E-state index in [9.17, 15) is 37.9 Å². The minimum Gasteiger partial charge on any atom is -0.462 e. The number of hydrogen-bond acceptors (Lipinski definition) is 11. The molecule has 0 aromatic carbocycles. The molecule has 0 aromatic heterocycles. The molecule has 0 aliphatic carbocycles. The summed E-state index contributed by atoms with van der Waals surface area (Å²) in [4.78, 5) is 25.5. The van der Waals surface area contributed by atoms with Crippen LogP contribution in [0.25, 0.3) is 0 Å². The fourth-order valence-electron chi connectivity index (χ4n) is 7.39. The molecular formula is C49H88O12S.